The molecule has 2 nitrogen and oxygen atoms in total. The molecule has 0 saturated heterocycles. The molecule has 0 aliphatic carbocycles. The van der Waals surface area contributed by atoms with E-state index in [1.165, 1.54) is 3.69 Å². The van der Waals surface area contributed by atoms with Gasteiger partial charge >= 0.3 is 18.2 Å². The summed E-state index contributed by atoms with van der Waals surface area (Å²) in [5, 5.41) is 0. The van der Waals surface area contributed by atoms with E-state index < -0.39 is 18.2 Å². The van der Waals surface area contributed by atoms with Crippen LogP contribution in [0.2, 0.25) is 0 Å². The van der Waals surface area contributed by atoms with Gasteiger partial charge in [0, 0.05) is 0 Å². The molecule has 0 atom stereocenters. The van der Waals surface area contributed by atoms with Crippen molar-refractivity contribution < 1.29 is 9.47 Å². The van der Waals surface area contributed by atoms with E-state index in [2.05, 4.69) is 12.9 Å². The van der Waals surface area contributed by atoms with Crippen LogP contribution in [0.1, 0.15) is 0 Å². The van der Waals surface area contributed by atoms with Gasteiger partial charge in [0.1, 0.15) is 0 Å². The van der Waals surface area contributed by atoms with Crippen molar-refractivity contribution in [3.63, 3.8) is 0 Å². The topological polar surface area (TPSA) is 18.5 Å². The van der Waals surface area contributed by atoms with Gasteiger partial charge in [0.05, 0.1) is 25.7 Å². The summed E-state index contributed by atoms with van der Waals surface area (Å²) in [5.41, 5.74) is 0. The first-order valence-electron chi connectivity index (χ1n) is 3.59. The van der Waals surface area contributed by atoms with Crippen molar-refractivity contribution in [3.05, 3.63) is 18.2 Å². The Morgan fingerprint density at radius 3 is 2.00 bits per heavy atom. The highest BCUT2D eigenvalue weighted by atomic mass is 79.9. The second kappa shape index (κ2) is 4.94. The first kappa shape index (κ1) is 10.1. The minimum atomic E-state index is -0.426. The lowest BCUT2D eigenvalue weighted by Crippen LogP contribution is -2.14. The van der Waals surface area contributed by atoms with Gasteiger partial charge in [-0.2, -0.15) is 0 Å². The average molecular weight is 241 g/mol. The smallest absolute Gasteiger partial charge is 0.499 e. The molecule has 0 saturated carbocycles. The van der Waals surface area contributed by atoms with Crippen molar-refractivity contribution in [2.75, 3.05) is 14.2 Å². The molecule has 0 spiro atoms. The molecular formula is C8H9BrMgO2. The number of ether oxygens (including phenoxy) is 2. The molecule has 1 aromatic carbocycles. The number of hydrogen-bond donors (Lipinski definition) is 0. The monoisotopic (exact) mass is 240 g/mol. The summed E-state index contributed by atoms with van der Waals surface area (Å²) < 4.78 is 11.6. The van der Waals surface area contributed by atoms with Crippen LogP contribution in [-0.4, -0.2) is 32.4 Å². The van der Waals surface area contributed by atoms with E-state index in [1.54, 1.807) is 14.2 Å². The van der Waals surface area contributed by atoms with Crippen LogP contribution in [-0.2, 0) is 0 Å². The quantitative estimate of drug-likeness (QED) is 0.744. The number of halogens is 1. The molecule has 0 bridgehead atoms. The standard InChI is InChI=1S/C8H9O2.BrH.Mg/c1-9-7-4-3-5-8(6-7)10-2;;/h3-5H,1-2H3;1H;/q;;+1/p-1. The molecule has 4 heteroatoms. The normalized spacial score (nSPS) is 8.92. The van der Waals surface area contributed by atoms with Gasteiger partial charge in [-0.3, -0.25) is 12.9 Å². The zero-order valence-electron chi connectivity index (χ0n) is 7.13. The Bertz CT molecular complexity index is 243. The largest absolute Gasteiger partial charge is 0.518 e. The van der Waals surface area contributed by atoms with Gasteiger partial charge in [0.15, 0.2) is 0 Å². The number of benzene rings is 1. The van der Waals surface area contributed by atoms with E-state index in [9.17, 15) is 0 Å². The van der Waals surface area contributed by atoms with Crippen LogP contribution in [0, 0.1) is 0 Å². The Labute approximate surface area is 87.8 Å². The maximum absolute atomic E-state index is 5.20. The molecule has 0 radical (unpaired) electrons. The zero-order chi connectivity index (χ0) is 8.97. The van der Waals surface area contributed by atoms with Gasteiger partial charge in [0.25, 0.3) is 0 Å². The van der Waals surface area contributed by atoms with Crippen molar-refractivity contribution in [2.45, 2.75) is 0 Å². The first-order chi connectivity index (χ1) is 5.83. The van der Waals surface area contributed by atoms with Crippen LogP contribution < -0.4 is 13.2 Å². The maximum Gasteiger partial charge on any atom is 0.518 e. The fourth-order valence-electron chi connectivity index (χ4n) is 1.06. The number of rotatable bonds is 3. The molecule has 0 aliphatic rings. The Morgan fingerprint density at radius 1 is 1.17 bits per heavy atom. The van der Waals surface area contributed by atoms with Crippen molar-refractivity contribution in [1.82, 2.24) is 0 Å². The number of hydrogen-bond acceptors (Lipinski definition) is 2. The van der Waals surface area contributed by atoms with Crippen molar-refractivity contribution in [3.8, 4) is 11.5 Å². The maximum atomic E-state index is 5.20. The van der Waals surface area contributed by atoms with Gasteiger partial charge in [-0.25, -0.2) is 0 Å². The molecule has 62 valence electrons. The predicted octanol–water partition coefficient (Wildman–Crippen LogP) is 1.34. The Hall–Kier alpha value is 0.0662. The van der Waals surface area contributed by atoms with Crippen molar-refractivity contribution in [1.29, 1.82) is 0 Å². The Kier molecular flexibility index (Phi) is 4.18. The highest BCUT2D eigenvalue weighted by Crippen LogP contribution is 2.15. The van der Waals surface area contributed by atoms with Crippen LogP contribution in [0.25, 0.3) is 0 Å². The highest BCUT2D eigenvalue weighted by molar-refractivity contribution is 9.23. The zero-order valence-corrected chi connectivity index (χ0v) is 10.1. The van der Waals surface area contributed by atoms with Crippen LogP contribution in [0.3, 0.4) is 0 Å². The molecule has 0 fully saturated rings. The van der Waals surface area contributed by atoms with Crippen LogP contribution in [0.4, 0.5) is 0 Å². The van der Waals surface area contributed by atoms with Crippen molar-refractivity contribution >= 4 is 34.8 Å². The van der Waals surface area contributed by atoms with Gasteiger partial charge in [0.2, 0.25) is 0 Å². The third kappa shape index (κ3) is 2.05. The molecule has 1 aromatic rings. The van der Waals surface area contributed by atoms with Crippen LogP contribution >= 0.6 is 12.9 Å². The van der Waals surface area contributed by atoms with E-state index in [1.807, 2.05) is 18.2 Å². The molecule has 0 aromatic heterocycles. The first-order valence-corrected chi connectivity index (χ1v) is 8.20. The Morgan fingerprint density at radius 2 is 1.67 bits per heavy atom. The molecule has 0 heterocycles. The van der Waals surface area contributed by atoms with Crippen LogP contribution in [0.5, 0.6) is 11.5 Å². The summed E-state index contributed by atoms with van der Waals surface area (Å²) in [4.78, 5) is 0. The minimum absolute atomic E-state index is 0.426. The summed E-state index contributed by atoms with van der Waals surface area (Å²) in [6.07, 6.45) is 0. The summed E-state index contributed by atoms with van der Waals surface area (Å²) >= 11 is 3.09. The van der Waals surface area contributed by atoms with Gasteiger partial charge < -0.3 is 9.47 Å². The summed E-state index contributed by atoms with van der Waals surface area (Å²) in [6, 6.07) is 5.83. The molecule has 0 aliphatic heterocycles. The van der Waals surface area contributed by atoms with E-state index in [0.717, 1.165) is 11.5 Å². The minimum Gasteiger partial charge on any atom is -0.499 e. The third-order valence-electron chi connectivity index (χ3n) is 1.66. The average Bonchev–Trinajstić information content (AvgIpc) is 2.16. The van der Waals surface area contributed by atoms with E-state index in [0.29, 0.717) is 0 Å². The second-order valence-corrected chi connectivity index (χ2v) is 4.93. The number of methoxy groups -OCH3 is 2. The molecule has 12 heavy (non-hydrogen) atoms. The third-order valence-corrected chi connectivity index (χ3v) is 4.31. The molecule has 1 rings (SSSR count). The summed E-state index contributed by atoms with van der Waals surface area (Å²) in [5.74, 6) is 1.83. The van der Waals surface area contributed by atoms with Gasteiger partial charge in [-0.1, -0.05) is 9.76 Å². The molecule has 0 unspecified atom stereocenters. The summed E-state index contributed by atoms with van der Waals surface area (Å²) in [6.45, 7) is 0. The van der Waals surface area contributed by atoms with Gasteiger partial charge in [-0.05, 0) is 12.1 Å². The second-order valence-electron chi connectivity index (χ2n) is 2.27. The molecule has 0 amide bonds. The summed E-state index contributed by atoms with van der Waals surface area (Å²) in [7, 11) is 3.35. The Balaban J connectivity index is 3.13. The lowest BCUT2D eigenvalue weighted by Gasteiger charge is -2.10. The lowest BCUT2D eigenvalue weighted by atomic mass is 10.3. The van der Waals surface area contributed by atoms with E-state index in [4.69, 9.17) is 9.47 Å². The molecular weight excluding hydrogens is 232 g/mol. The predicted molar refractivity (Wildman–Crippen MR) is 53.9 cm³/mol. The van der Waals surface area contributed by atoms with Gasteiger partial charge in [-0.15, -0.1) is 0 Å². The fourth-order valence-corrected chi connectivity index (χ4v) is 3.51. The van der Waals surface area contributed by atoms with E-state index >= 15 is 0 Å². The fraction of sp³-hybridized carbons (Fsp3) is 0.250. The SMILES string of the molecule is COc1cccc(OC)[c]1[Mg][Br]. The van der Waals surface area contributed by atoms with Crippen LogP contribution in [0.15, 0.2) is 18.2 Å². The molecule has 0 N–H and O–H groups in total. The van der Waals surface area contributed by atoms with E-state index in [-0.39, 0.29) is 0 Å². The lowest BCUT2D eigenvalue weighted by molar-refractivity contribution is 0.400. The highest BCUT2D eigenvalue weighted by Gasteiger charge is 2.08. The van der Waals surface area contributed by atoms with Crippen molar-refractivity contribution in [2.24, 2.45) is 0 Å².